The molecule has 0 aliphatic carbocycles. The summed E-state index contributed by atoms with van der Waals surface area (Å²) in [7, 11) is -3.11. The van der Waals surface area contributed by atoms with E-state index in [1.165, 1.54) is 11.3 Å². The van der Waals surface area contributed by atoms with E-state index in [0.717, 1.165) is 10.1 Å². The van der Waals surface area contributed by atoms with E-state index in [9.17, 15) is 22.8 Å². The maximum absolute atomic E-state index is 12.2. The van der Waals surface area contributed by atoms with Crippen LogP contribution in [0.15, 0.2) is 24.3 Å². The number of nitrogens with one attached hydrogen (secondary N) is 2. The zero-order chi connectivity index (χ0) is 20.3. The Bertz CT molecular complexity index is 1030. The molecule has 2 aromatic rings. The second kappa shape index (κ2) is 8.46. The first-order valence-electron chi connectivity index (χ1n) is 8.36. The first-order valence-corrected chi connectivity index (χ1v) is 11.4. The lowest BCUT2D eigenvalue weighted by Crippen LogP contribution is -2.39. The number of fused-ring (bicyclic) bond motifs is 1. The predicted molar refractivity (Wildman–Crippen MR) is 105 cm³/mol. The molecule has 3 rings (SSSR count). The molecule has 28 heavy (non-hydrogen) atoms. The van der Waals surface area contributed by atoms with Gasteiger partial charge in [0.1, 0.15) is 11.4 Å². The summed E-state index contributed by atoms with van der Waals surface area (Å²) in [4.78, 5) is 36.0. The summed E-state index contributed by atoms with van der Waals surface area (Å²) in [6.07, 6.45) is 0.341. The third kappa shape index (κ3) is 5.00. The third-order valence-corrected chi connectivity index (χ3v) is 7.54. The van der Waals surface area contributed by atoms with Crippen molar-refractivity contribution in [2.45, 2.75) is 12.5 Å². The van der Waals surface area contributed by atoms with Crippen LogP contribution in [0.3, 0.4) is 0 Å². The Morgan fingerprint density at radius 3 is 2.68 bits per heavy atom. The highest BCUT2D eigenvalue weighted by atomic mass is 35.5. The minimum atomic E-state index is -3.11. The highest BCUT2D eigenvalue weighted by Crippen LogP contribution is 2.34. The summed E-state index contributed by atoms with van der Waals surface area (Å²) in [5.74, 6) is -1.97. The fraction of sp³-hybridized carbons (Fsp3) is 0.353. The minimum absolute atomic E-state index is 0.0318. The number of sulfone groups is 1. The van der Waals surface area contributed by atoms with Crippen LogP contribution < -0.4 is 10.6 Å². The van der Waals surface area contributed by atoms with Crippen LogP contribution in [0.4, 0.5) is 0 Å². The van der Waals surface area contributed by atoms with E-state index >= 15 is 0 Å². The van der Waals surface area contributed by atoms with Gasteiger partial charge in [0, 0.05) is 16.1 Å². The second-order valence-corrected chi connectivity index (χ2v) is 9.91. The highest BCUT2D eigenvalue weighted by Gasteiger charge is 2.29. The van der Waals surface area contributed by atoms with Crippen LogP contribution >= 0.6 is 22.9 Å². The molecule has 1 saturated heterocycles. The number of hydrogen-bond acceptors (Lipinski definition) is 7. The lowest BCUT2D eigenvalue weighted by atomic mass is 10.2. The summed E-state index contributed by atoms with van der Waals surface area (Å²) >= 11 is 7.42. The monoisotopic (exact) mass is 444 g/mol. The van der Waals surface area contributed by atoms with Crippen molar-refractivity contribution in [3.63, 3.8) is 0 Å². The molecule has 0 saturated carbocycles. The van der Waals surface area contributed by atoms with Crippen LogP contribution in [0.2, 0.25) is 5.02 Å². The Kier molecular flexibility index (Phi) is 6.21. The second-order valence-electron chi connectivity index (χ2n) is 6.25. The van der Waals surface area contributed by atoms with Gasteiger partial charge in [0.25, 0.3) is 11.8 Å². The molecule has 1 aliphatic rings. The number of esters is 1. The molecule has 1 atom stereocenters. The number of benzene rings is 1. The molecule has 1 fully saturated rings. The third-order valence-electron chi connectivity index (χ3n) is 4.10. The molecule has 2 amide bonds. The van der Waals surface area contributed by atoms with Crippen molar-refractivity contribution in [3.8, 4) is 0 Å². The Morgan fingerprint density at radius 1 is 1.25 bits per heavy atom. The van der Waals surface area contributed by atoms with E-state index in [-0.39, 0.29) is 16.4 Å². The summed E-state index contributed by atoms with van der Waals surface area (Å²) in [6, 6.07) is 6.82. The number of ether oxygens (including phenoxy) is 1. The molecule has 1 aliphatic heterocycles. The zero-order valence-electron chi connectivity index (χ0n) is 14.6. The molecule has 11 heteroatoms. The number of amides is 2. The molecule has 150 valence electrons. The van der Waals surface area contributed by atoms with E-state index in [1.54, 1.807) is 6.07 Å². The Morgan fingerprint density at radius 2 is 2.00 bits per heavy atom. The largest absolute Gasteiger partial charge is 0.454 e. The summed E-state index contributed by atoms with van der Waals surface area (Å²) in [6.45, 7) is -0.969. The van der Waals surface area contributed by atoms with Crippen LogP contribution in [0.25, 0.3) is 10.1 Å². The van der Waals surface area contributed by atoms with Gasteiger partial charge >= 0.3 is 5.97 Å². The molecule has 0 bridgehead atoms. The topological polar surface area (TPSA) is 119 Å². The fourth-order valence-electron chi connectivity index (χ4n) is 2.77. The molecule has 1 aromatic carbocycles. The highest BCUT2D eigenvalue weighted by molar-refractivity contribution is 7.91. The average molecular weight is 445 g/mol. The van der Waals surface area contributed by atoms with Crippen molar-refractivity contribution in [1.29, 1.82) is 0 Å². The number of rotatable bonds is 6. The van der Waals surface area contributed by atoms with Gasteiger partial charge in [-0.3, -0.25) is 14.4 Å². The van der Waals surface area contributed by atoms with E-state index < -0.39 is 46.8 Å². The molecular formula is C17H17ClN2O6S2. The molecule has 2 heterocycles. The smallest absolute Gasteiger partial charge is 0.325 e. The van der Waals surface area contributed by atoms with Gasteiger partial charge in [-0.2, -0.15) is 0 Å². The number of carbonyl (C=O) groups excluding carboxylic acids is 3. The van der Waals surface area contributed by atoms with Crippen LogP contribution in [0.1, 0.15) is 16.1 Å². The van der Waals surface area contributed by atoms with Gasteiger partial charge < -0.3 is 15.4 Å². The van der Waals surface area contributed by atoms with Crippen molar-refractivity contribution >= 4 is 60.6 Å². The average Bonchev–Trinajstić information content (AvgIpc) is 3.17. The van der Waals surface area contributed by atoms with Crippen LogP contribution in [0.5, 0.6) is 0 Å². The molecular weight excluding hydrogens is 428 g/mol. The van der Waals surface area contributed by atoms with Crippen LogP contribution in [-0.4, -0.2) is 56.9 Å². The van der Waals surface area contributed by atoms with Gasteiger partial charge in [-0.05, 0) is 12.5 Å². The van der Waals surface area contributed by atoms with Gasteiger partial charge in [0.05, 0.1) is 16.5 Å². The molecule has 2 N–H and O–H groups in total. The van der Waals surface area contributed by atoms with E-state index in [4.69, 9.17) is 16.3 Å². The first-order chi connectivity index (χ1) is 13.2. The molecule has 1 aromatic heterocycles. The number of hydrogen-bond donors (Lipinski definition) is 2. The van der Waals surface area contributed by atoms with Crippen molar-refractivity contribution in [2.75, 3.05) is 24.7 Å². The zero-order valence-corrected chi connectivity index (χ0v) is 17.0. The maximum atomic E-state index is 12.2. The van der Waals surface area contributed by atoms with Crippen molar-refractivity contribution in [2.24, 2.45) is 0 Å². The van der Waals surface area contributed by atoms with E-state index in [2.05, 4.69) is 10.6 Å². The van der Waals surface area contributed by atoms with Gasteiger partial charge in [-0.25, -0.2) is 8.42 Å². The lowest BCUT2D eigenvalue weighted by Gasteiger charge is -2.11. The van der Waals surface area contributed by atoms with Gasteiger partial charge in [0.2, 0.25) is 0 Å². The normalized spacial score (nSPS) is 18.0. The van der Waals surface area contributed by atoms with E-state index in [1.807, 2.05) is 18.2 Å². The molecule has 0 radical (unpaired) electrons. The summed E-state index contributed by atoms with van der Waals surface area (Å²) in [5, 5.41) is 5.99. The Balaban J connectivity index is 1.44. The maximum Gasteiger partial charge on any atom is 0.325 e. The lowest BCUT2D eigenvalue weighted by molar-refractivity contribution is -0.147. The Labute approximate surface area is 170 Å². The van der Waals surface area contributed by atoms with Crippen molar-refractivity contribution in [1.82, 2.24) is 10.6 Å². The van der Waals surface area contributed by atoms with Gasteiger partial charge in [0.15, 0.2) is 16.4 Å². The predicted octanol–water partition coefficient (Wildman–Crippen LogP) is 1.13. The molecule has 1 unspecified atom stereocenters. The van der Waals surface area contributed by atoms with Crippen molar-refractivity contribution in [3.05, 3.63) is 34.2 Å². The Hall–Kier alpha value is -2.17. The SMILES string of the molecule is O=C(COC(=O)CNC(=O)c1sc2ccccc2c1Cl)NC1CCS(=O)(=O)C1. The summed E-state index contributed by atoms with van der Waals surface area (Å²) in [5.41, 5.74) is 0. The molecule has 0 spiro atoms. The number of thiophene rings is 1. The van der Waals surface area contributed by atoms with Crippen molar-refractivity contribution < 1.29 is 27.5 Å². The number of carbonyl (C=O) groups is 3. The standard InChI is InChI=1S/C17H17ClN2O6S2/c18-15-11-3-1-2-4-12(11)27-16(15)17(23)19-7-14(22)26-8-13(21)20-10-5-6-28(24,25)9-10/h1-4,10H,5-9H2,(H,19,23)(H,20,21). The van der Waals surface area contributed by atoms with Gasteiger partial charge in [-0.1, -0.05) is 29.8 Å². The van der Waals surface area contributed by atoms with Crippen LogP contribution in [0, 0.1) is 0 Å². The van der Waals surface area contributed by atoms with Crippen LogP contribution in [-0.2, 0) is 24.2 Å². The molecule has 8 nitrogen and oxygen atoms in total. The summed E-state index contributed by atoms with van der Waals surface area (Å²) < 4.78 is 28.3. The quantitative estimate of drug-likeness (QED) is 0.645. The van der Waals surface area contributed by atoms with E-state index in [0.29, 0.717) is 11.4 Å². The fourth-order valence-corrected chi connectivity index (χ4v) is 5.87. The first kappa shape index (κ1) is 20.6. The number of halogens is 1. The minimum Gasteiger partial charge on any atom is -0.454 e. The van der Waals surface area contributed by atoms with Gasteiger partial charge in [-0.15, -0.1) is 11.3 Å².